The third-order valence-electron chi connectivity index (χ3n) is 5.66. The molecule has 2 saturated carbocycles. The second-order valence-corrected chi connectivity index (χ2v) is 6.77. The van der Waals surface area contributed by atoms with E-state index in [1.54, 1.807) is 5.57 Å². The number of hydrogen-bond acceptors (Lipinski definition) is 1. The van der Waals surface area contributed by atoms with Gasteiger partial charge in [-0.1, -0.05) is 26.3 Å². The van der Waals surface area contributed by atoms with Crippen LogP contribution in [0.5, 0.6) is 0 Å². The molecule has 0 aromatic carbocycles. The highest BCUT2D eigenvalue weighted by molar-refractivity contribution is 5.99. The standard InChI is InChI=1S/C15H22O/c1-8-5-6-11-14(15(11,3)4)13-9(2)12(16)7-10(8)13/h8,10-11,14H,5-7H2,1-4H3/t8-,10+,11+,14+/m1/s1. The second kappa shape index (κ2) is 3.00. The number of hydrogen-bond donors (Lipinski definition) is 0. The molecule has 3 aliphatic rings. The number of rotatable bonds is 0. The third kappa shape index (κ3) is 1.15. The zero-order valence-corrected chi connectivity index (χ0v) is 10.8. The van der Waals surface area contributed by atoms with E-state index in [-0.39, 0.29) is 0 Å². The van der Waals surface area contributed by atoms with Gasteiger partial charge in [0.1, 0.15) is 0 Å². The summed E-state index contributed by atoms with van der Waals surface area (Å²) in [6.45, 7) is 9.19. The van der Waals surface area contributed by atoms with Gasteiger partial charge in [-0.25, -0.2) is 0 Å². The van der Waals surface area contributed by atoms with Gasteiger partial charge in [0, 0.05) is 6.42 Å². The monoisotopic (exact) mass is 218 g/mol. The number of fused-ring (bicyclic) bond motifs is 3. The molecule has 0 aliphatic heterocycles. The molecular weight excluding hydrogens is 196 g/mol. The van der Waals surface area contributed by atoms with E-state index in [1.807, 2.05) is 0 Å². The van der Waals surface area contributed by atoms with E-state index in [4.69, 9.17) is 0 Å². The molecular formula is C15H22O. The lowest BCUT2D eigenvalue weighted by Gasteiger charge is -2.22. The quantitative estimate of drug-likeness (QED) is 0.607. The summed E-state index contributed by atoms with van der Waals surface area (Å²) in [6.07, 6.45) is 3.50. The SMILES string of the molecule is CC1=C2[C@@H](CC1=O)[C@H](C)CC[C@H]1[C@@H]2C1(C)C. The maximum atomic E-state index is 11.9. The van der Waals surface area contributed by atoms with Crippen LogP contribution in [0.25, 0.3) is 0 Å². The molecule has 0 radical (unpaired) electrons. The molecule has 0 N–H and O–H groups in total. The summed E-state index contributed by atoms with van der Waals surface area (Å²) in [7, 11) is 0. The average molecular weight is 218 g/mol. The number of allylic oxidation sites excluding steroid dienone is 2. The molecule has 0 unspecified atom stereocenters. The van der Waals surface area contributed by atoms with Crippen molar-refractivity contribution < 1.29 is 4.79 Å². The van der Waals surface area contributed by atoms with Crippen LogP contribution in [0, 0.1) is 29.1 Å². The third-order valence-corrected chi connectivity index (χ3v) is 5.66. The first-order valence-electron chi connectivity index (χ1n) is 6.68. The summed E-state index contributed by atoms with van der Waals surface area (Å²) in [5.41, 5.74) is 3.16. The Morgan fingerprint density at radius 2 is 1.94 bits per heavy atom. The van der Waals surface area contributed by atoms with Crippen molar-refractivity contribution in [2.45, 2.75) is 47.0 Å². The van der Waals surface area contributed by atoms with E-state index < -0.39 is 0 Å². The largest absolute Gasteiger partial charge is 0.295 e. The first-order chi connectivity index (χ1) is 7.44. The highest BCUT2D eigenvalue weighted by atomic mass is 16.1. The minimum absolute atomic E-state index is 0.426. The molecule has 2 fully saturated rings. The molecule has 3 rings (SSSR count). The first-order valence-corrected chi connectivity index (χ1v) is 6.68. The minimum Gasteiger partial charge on any atom is -0.295 e. The van der Waals surface area contributed by atoms with E-state index in [1.165, 1.54) is 12.8 Å². The predicted octanol–water partition coefficient (Wildman–Crippen LogP) is 3.59. The summed E-state index contributed by atoms with van der Waals surface area (Å²) in [5, 5.41) is 0. The van der Waals surface area contributed by atoms with Gasteiger partial charge in [0.15, 0.2) is 5.78 Å². The van der Waals surface area contributed by atoms with Crippen LogP contribution in [-0.2, 0) is 4.79 Å². The summed E-state index contributed by atoms with van der Waals surface area (Å²) < 4.78 is 0. The molecule has 88 valence electrons. The molecule has 1 heteroatoms. The average Bonchev–Trinajstić information content (AvgIpc) is 2.68. The van der Waals surface area contributed by atoms with Gasteiger partial charge in [-0.3, -0.25) is 4.79 Å². The number of Topliss-reactive ketones (excluding diaryl/α,β-unsaturated/α-hetero) is 1. The summed E-state index contributed by atoms with van der Waals surface area (Å²) >= 11 is 0. The Kier molecular flexibility index (Phi) is 1.98. The van der Waals surface area contributed by atoms with Gasteiger partial charge in [-0.05, 0) is 54.4 Å². The fourth-order valence-electron chi connectivity index (χ4n) is 4.42. The molecule has 0 saturated heterocycles. The number of carbonyl (C=O) groups excluding carboxylic acids is 1. The van der Waals surface area contributed by atoms with E-state index in [0.29, 0.717) is 17.1 Å². The van der Waals surface area contributed by atoms with Crippen molar-refractivity contribution in [3.63, 3.8) is 0 Å². The van der Waals surface area contributed by atoms with Gasteiger partial charge < -0.3 is 0 Å². The normalized spacial score (nSPS) is 45.1. The summed E-state index contributed by atoms with van der Waals surface area (Å²) in [6, 6.07) is 0. The number of carbonyl (C=O) groups is 1. The maximum Gasteiger partial charge on any atom is 0.159 e. The molecule has 0 bridgehead atoms. The Bertz CT molecular complexity index is 388. The van der Waals surface area contributed by atoms with Gasteiger partial charge in [0.2, 0.25) is 0 Å². The highest BCUT2D eigenvalue weighted by Crippen LogP contribution is 2.68. The fourth-order valence-corrected chi connectivity index (χ4v) is 4.42. The molecule has 0 heterocycles. The van der Waals surface area contributed by atoms with Crippen LogP contribution in [0.2, 0.25) is 0 Å². The van der Waals surface area contributed by atoms with E-state index in [9.17, 15) is 4.79 Å². The van der Waals surface area contributed by atoms with Crippen LogP contribution >= 0.6 is 0 Å². The van der Waals surface area contributed by atoms with Gasteiger partial charge in [0.05, 0.1) is 0 Å². The summed E-state index contributed by atoms with van der Waals surface area (Å²) in [4.78, 5) is 11.9. The Balaban J connectivity index is 2.05. The van der Waals surface area contributed by atoms with Crippen molar-refractivity contribution in [1.82, 2.24) is 0 Å². The smallest absolute Gasteiger partial charge is 0.159 e. The molecule has 0 aromatic rings. The van der Waals surface area contributed by atoms with Crippen molar-refractivity contribution in [3.8, 4) is 0 Å². The highest BCUT2D eigenvalue weighted by Gasteiger charge is 2.62. The molecule has 4 atom stereocenters. The molecule has 0 amide bonds. The fraction of sp³-hybridized carbons (Fsp3) is 0.800. The van der Waals surface area contributed by atoms with Crippen molar-refractivity contribution >= 4 is 5.78 Å². The number of ketones is 1. The molecule has 0 spiro atoms. The Labute approximate surface area is 98.3 Å². The van der Waals surface area contributed by atoms with Crippen molar-refractivity contribution in [1.29, 1.82) is 0 Å². The molecule has 16 heavy (non-hydrogen) atoms. The van der Waals surface area contributed by atoms with Gasteiger partial charge in [0.25, 0.3) is 0 Å². The lowest BCUT2D eigenvalue weighted by Crippen LogP contribution is -2.14. The zero-order valence-electron chi connectivity index (χ0n) is 10.8. The van der Waals surface area contributed by atoms with E-state index in [2.05, 4.69) is 27.7 Å². The molecule has 3 aliphatic carbocycles. The van der Waals surface area contributed by atoms with Gasteiger partial charge in [-0.15, -0.1) is 0 Å². The van der Waals surface area contributed by atoms with Crippen LogP contribution in [0.15, 0.2) is 11.1 Å². The van der Waals surface area contributed by atoms with Gasteiger partial charge >= 0.3 is 0 Å². The Morgan fingerprint density at radius 3 is 2.62 bits per heavy atom. The van der Waals surface area contributed by atoms with Crippen molar-refractivity contribution in [2.24, 2.45) is 29.1 Å². The topological polar surface area (TPSA) is 17.1 Å². The van der Waals surface area contributed by atoms with Crippen LogP contribution in [-0.4, -0.2) is 5.78 Å². The van der Waals surface area contributed by atoms with E-state index >= 15 is 0 Å². The predicted molar refractivity (Wildman–Crippen MR) is 65.0 cm³/mol. The maximum absolute atomic E-state index is 11.9. The zero-order chi connectivity index (χ0) is 11.7. The Hall–Kier alpha value is -0.590. The van der Waals surface area contributed by atoms with Crippen LogP contribution in [0.1, 0.15) is 47.0 Å². The van der Waals surface area contributed by atoms with Crippen molar-refractivity contribution in [3.05, 3.63) is 11.1 Å². The first kappa shape index (κ1) is 10.6. The Morgan fingerprint density at radius 1 is 1.25 bits per heavy atom. The van der Waals surface area contributed by atoms with Crippen LogP contribution < -0.4 is 0 Å². The van der Waals surface area contributed by atoms with Crippen LogP contribution in [0.3, 0.4) is 0 Å². The summed E-state index contributed by atoms with van der Waals surface area (Å²) in [5.74, 6) is 3.32. The molecule has 0 aromatic heterocycles. The van der Waals surface area contributed by atoms with E-state index in [0.717, 1.165) is 29.7 Å². The van der Waals surface area contributed by atoms with Crippen LogP contribution in [0.4, 0.5) is 0 Å². The lowest BCUT2D eigenvalue weighted by atomic mass is 9.82. The minimum atomic E-state index is 0.426. The van der Waals surface area contributed by atoms with Gasteiger partial charge in [-0.2, -0.15) is 0 Å². The second-order valence-electron chi connectivity index (χ2n) is 6.77. The molecule has 1 nitrogen and oxygen atoms in total. The van der Waals surface area contributed by atoms with Crippen molar-refractivity contribution in [2.75, 3.05) is 0 Å². The lowest BCUT2D eigenvalue weighted by molar-refractivity contribution is -0.115.